The Kier molecular flexibility index (Phi) is 3.55. The van der Waals surface area contributed by atoms with Crippen LogP contribution in [-0.2, 0) is 0 Å². The average molecular weight is 232 g/mol. The lowest BCUT2D eigenvalue weighted by molar-refractivity contribution is 0.119. The minimum absolute atomic E-state index is 0.287. The first-order valence-electron chi connectivity index (χ1n) is 6.58. The van der Waals surface area contributed by atoms with Crippen LogP contribution in [-0.4, -0.2) is 23.5 Å². The Labute approximate surface area is 105 Å². The summed E-state index contributed by atoms with van der Waals surface area (Å²) in [7, 11) is 0. The van der Waals surface area contributed by atoms with Gasteiger partial charge in [-0.15, -0.1) is 0 Å². The van der Waals surface area contributed by atoms with Crippen LogP contribution in [0, 0.1) is 6.92 Å². The summed E-state index contributed by atoms with van der Waals surface area (Å²) in [5, 5.41) is 0. The number of hydrogen-bond acceptors (Lipinski definition) is 2. The Morgan fingerprint density at radius 1 is 1.29 bits per heavy atom. The van der Waals surface area contributed by atoms with Gasteiger partial charge in [-0.1, -0.05) is 29.8 Å². The van der Waals surface area contributed by atoms with Crippen LogP contribution in [0.2, 0.25) is 0 Å². The quantitative estimate of drug-likeness (QED) is 0.868. The van der Waals surface area contributed by atoms with Gasteiger partial charge in [0, 0.05) is 18.1 Å². The van der Waals surface area contributed by atoms with Gasteiger partial charge in [-0.2, -0.15) is 0 Å². The highest BCUT2D eigenvalue weighted by Crippen LogP contribution is 2.35. The van der Waals surface area contributed by atoms with Crippen LogP contribution in [0.1, 0.15) is 43.9 Å². The predicted octanol–water partition coefficient (Wildman–Crippen LogP) is 2.87. The Hall–Kier alpha value is -0.860. The van der Waals surface area contributed by atoms with Gasteiger partial charge in [-0.3, -0.25) is 4.90 Å². The second kappa shape index (κ2) is 4.79. The van der Waals surface area contributed by atoms with E-state index in [2.05, 4.69) is 49.9 Å². The first-order chi connectivity index (χ1) is 8.04. The minimum Gasteiger partial charge on any atom is -0.329 e. The summed E-state index contributed by atoms with van der Waals surface area (Å²) in [5.41, 5.74) is 8.95. The molecule has 0 aliphatic carbocycles. The molecule has 2 heteroatoms. The van der Waals surface area contributed by atoms with Crippen LogP contribution in [0.3, 0.4) is 0 Å². The maximum Gasteiger partial charge on any atom is 0.0475 e. The SMILES string of the molecule is Cc1ccc(C(CN)N2CCCC2(C)C)cc1. The molecular formula is C15H24N2. The van der Waals surface area contributed by atoms with Gasteiger partial charge in [0.05, 0.1) is 0 Å². The summed E-state index contributed by atoms with van der Waals surface area (Å²) in [4.78, 5) is 2.57. The summed E-state index contributed by atoms with van der Waals surface area (Å²) >= 11 is 0. The van der Waals surface area contributed by atoms with E-state index in [1.165, 1.54) is 30.5 Å². The van der Waals surface area contributed by atoms with E-state index >= 15 is 0 Å². The number of aryl methyl sites for hydroxylation is 1. The van der Waals surface area contributed by atoms with E-state index in [1.807, 2.05) is 0 Å². The predicted molar refractivity (Wildman–Crippen MR) is 73.0 cm³/mol. The van der Waals surface area contributed by atoms with Crippen molar-refractivity contribution in [3.05, 3.63) is 35.4 Å². The smallest absolute Gasteiger partial charge is 0.0475 e. The van der Waals surface area contributed by atoms with E-state index in [1.54, 1.807) is 0 Å². The molecule has 94 valence electrons. The maximum atomic E-state index is 6.00. The number of benzene rings is 1. The number of nitrogens with zero attached hydrogens (tertiary/aromatic N) is 1. The van der Waals surface area contributed by atoms with Gasteiger partial charge in [0.15, 0.2) is 0 Å². The molecule has 2 nitrogen and oxygen atoms in total. The van der Waals surface area contributed by atoms with Crippen molar-refractivity contribution in [1.29, 1.82) is 0 Å². The highest BCUT2D eigenvalue weighted by Gasteiger charge is 2.36. The molecule has 0 aromatic heterocycles. The van der Waals surface area contributed by atoms with Crippen molar-refractivity contribution in [3.8, 4) is 0 Å². The molecule has 1 saturated heterocycles. The van der Waals surface area contributed by atoms with Crippen molar-refractivity contribution >= 4 is 0 Å². The van der Waals surface area contributed by atoms with Gasteiger partial charge < -0.3 is 5.73 Å². The van der Waals surface area contributed by atoms with Crippen LogP contribution >= 0.6 is 0 Å². The van der Waals surface area contributed by atoms with E-state index in [9.17, 15) is 0 Å². The first-order valence-corrected chi connectivity index (χ1v) is 6.58. The fraction of sp³-hybridized carbons (Fsp3) is 0.600. The molecule has 1 fully saturated rings. The van der Waals surface area contributed by atoms with Gasteiger partial charge in [0.2, 0.25) is 0 Å². The Morgan fingerprint density at radius 3 is 2.41 bits per heavy atom. The average Bonchev–Trinajstić information content (AvgIpc) is 2.63. The third-order valence-electron chi connectivity index (χ3n) is 4.03. The van der Waals surface area contributed by atoms with Gasteiger partial charge in [-0.05, 0) is 45.7 Å². The van der Waals surface area contributed by atoms with Crippen LogP contribution in [0.25, 0.3) is 0 Å². The molecule has 0 radical (unpaired) electrons. The summed E-state index contributed by atoms with van der Waals surface area (Å²) in [6.07, 6.45) is 2.56. The maximum absolute atomic E-state index is 6.00. The summed E-state index contributed by atoms with van der Waals surface area (Å²) in [5.74, 6) is 0. The van der Waals surface area contributed by atoms with E-state index in [4.69, 9.17) is 5.73 Å². The number of nitrogens with two attached hydrogens (primary N) is 1. The molecular weight excluding hydrogens is 208 g/mol. The monoisotopic (exact) mass is 232 g/mol. The van der Waals surface area contributed by atoms with Crippen molar-refractivity contribution in [1.82, 2.24) is 4.90 Å². The van der Waals surface area contributed by atoms with Gasteiger partial charge in [0.25, 0.3) is 0 Å². The van der Waals surface area contributed by atoms with Crippen molar-refractivity contribution in [2.75, 3.05) is 13.1 Å². The second-order valence-electron chi connectivity index (χ2n) is 5.77. The summed E-state index contributed by atoms with van der Waals surface area (Å²) < 4.78 is 0. The van der Waals surface area contributed by atoms with Crippen molar-refractivity contribution in [2.24, 2.45) is 5.73 Å². The van der Waals surface area contributed by atoms with Crippen LogP contribution in [0.4, 0.5) is 0 Å². The second-order valence-corrected chi connectivity index (χ2v) is 5.77. The van der Waals surface area contributed by atoms with Crippen LogP contribution in [0.15, 0.2) is 24.3 Å². The van der Waals surface area contributed by atoms with Crippen molar-refractivity contribution in [3.63, 3.8) is 0 Å². The van der Waals surface area contributed by atoms with E-state index < -0.39 is 0 Å². The summed E-state index contributed by atoms with van der Waals surface area (Å²) in [6, 6.07) is 9.18. The Bertz CT molecular complexity index is 367. The highest BCUT2D eigenvalue weighted by molar-refractivity contribution is 5.25. The zero-order chi connectivity index (χ0) is 12.5. The molecule has 1 aliphatic heterocycles. The van der Waals surface area contributed by atoms with E-state index in [-0.39, 0.29) is 5.54 Å². The van der Waals surface area contributed by atoms with Gasteiger partial charge in [-0.25, -0.2) is 0 Å². The van der Waals surface area contributed by atoms with E-state index in [0.29, 0.717) is 12.6 Å². The number of likely N-dealkylation sites (tertiary alicyclic amines) is 1. The largest absolute Gasteiger partial charge is 0.329 e. The molecule has 0 bridgehead atoms. The van der Waals surface area contributed by atoms with Crippen LogP contribution < -0.4 is 5.73 Å². The molecule has 1 aromatic carbocycles. The summed E-state index contributed by atoms with van der Waals surface area (Å²) in [6.45, 7) is 8.66. The number of hydrogen-bond donors (Lipinski definition) is 1. The molecule has 1 aromatic rings. The van der Waals surface area contributed by atoms with Crippen molar-refractivity contribution < 1.29 is 0 Å². The topological polar surface area (TPSA) is 29.3 Å². The normalized spacial score (nSPS) is 21.6. The molecule has 1 aliphatic rings. The Balaban J connectivity index is 2.24. The lowest BCUT2D eigenvalue weighted by Crippen LogP contribution is -2.43. The van der Waals surface area contributed by atoms with E-state index in [0.717, 1.165) is 0 Å². The fourth-order valence-electron chi connectivity index (χ4n) is 2.94. The zero-order valence-corrected chi connectivity index (χ0v) is 11.2. The molecule has 0 saturated carbocycles. The van der Waals surface area contributed by atoms with Gasteiger partial charge in [0.1, 0.15) is 0 Å². The first kappa shape index (κ1) is 12.6. The molecule has 0 spiro atoms. The molecule has 0 amide bonds. The molecule has 1 heterocycles. The third kappa shape index (κ3) is 2.53. The standard InChI is InChI=1S/C15H24N2/c1-12-5-7-13(8-6-12)14(11-16)17-10-4-9-15(17,2)3/h5-8,14H,4,9-11,16H2,1-3H3. The molecule has 2 N–H and O–H groups in total. The van der Waals surface area contributed by atoms with Crippen LogP contribution in [0.5, 0.6) is 0 Å². The molecule has 17 heavy (non-hydrogen) atoms. The lowest BCUT2D eigenvalue weighted by atomic mass is 9.97. The third-order valence-corrected chi connectivity index (χ3v) is 4.03. The number of rotatable bonds is 3. The van der Waals surface area contributed by atoms with Gasteiger partial charge >= 0.3 is 0 Å². The molecule has 1 unspecified atom stereocenters. The van der Waals surface area contributed by atoms with Crippen molar-refractivity contribution in [2.45, 2.75) is 45.2 Å². The minimum atomic E-state index is 0.287. The highest BCUT2D eigenvalue weighted by atomic mass is 15.2. The fourth-order valence-corrected chi connectivity index (χ4v) is 2.94. The lowest BCUT2D eigenvalue weighted by Gasteiger charge is -2.38. The molecule has 1 atom stereocenters. The Morgan fingerprint density at radius 2 is 1.94 bits per heavy atom. The molecule has 2 rings (SSSR count). The zero-order valence-electron chi connectivity index (χ0n) is 11.2.